The Balaban J connectivity index is 2.12. The predicted molar refractivity (Wildman–Crippen MR) is 90.3 cm³/mol. The van der Waals surface area contributed by atoms with E-state index >= 15 is 0 Å². The van der Waals surface area contributed by atoms with E-state index in [-0.39, 0.29) is 30.4 Å². The van der Waals surface area contributed by atoms with Crippen molar-refractivity contribution in [3.8, 4) is 5.75 Å². The van der Waals surface area contributed by atoms with E-state index in [1.54, 1.807) is 12.1 Å². The smallest absolute Gasteiger partial charge is 0.256 e. The van der Waals surface area contributed by atoms with Crippen molar-refractivity contribution in [3.63, 3.8) is 0 Å². The van der Waals surface area contributed by atoms with Gasteiger partial charge < -0.3 is 20.1 Å². The van der Waals surface area contributed by atoms with Gasteiger partial charge in [-0.2, -0.15) is 0 Å². The first-order chi connectivity index (χ1) is 11.1. The molecule has 0 bridgehead atoms. The number of rotatable bonds is 5. The molecule has 1 unspecified atom stereocenters. The highest BCUT2D eigenvalue weighted by Gasteiger charge is 2.42. The Morgan fingerprint density at radius 3 is 2.75 bits per heavy atom. The topological polar surface area (TPSA) is 61.8 Å². The van der Waals surface area contributed by atoms with E-state index in [1.165, 1.54) is 18.1 Å². The van der Waals surface area contributed by atoms with Gasteiger partial charge in [-0.25, -0.2) is 4.39 Å². The van der Waals surface area contributed by atoms with Crippen LogP contribution >= 0.6 is 0 Å². The number of carbonyl (C=O) groups excluding carboxylic acids is 1. The summed E-state index contributed by atoms with van der Waals surface area (Å²) in [7, 11) is 1.51. The summed E-state index contributed by atoms with van der Waals surface area (Å²) >= 11 is 0. The van der Waals surface area contributed by atoms with Crippen molar-refractivity contribution in [2.24, 2.45) is 0 Å². The summed E-state index contributed by atoms with van der Waals surface area (Å²) < 4.78 is 19.1. The third kappa shape index (κ3) is 4.45. The second kappa shape index (κ2) is 7.07. The highest BCUT2D eigenvalue weighted by Crippen LogP contribution is 2.26. The van der Waals surface area contributed by atoms with Crippen LogP contribution in [0.2, 0.25) is 0 Å². The van der Waals surface area contributed by atoms with Crippen LogP contribution in [0, 0.1) is 5.82 Å². The van der Waals surface area contributed by atoms with E-state index in [4.69, 9.17) is 4.74 Å². The van der Waals surface area contributed by atoms with E-state index in [0.29, 0.717) is 30.7 Å². The van der Waals surface area contributed by atoms with Crippen molar-refractivity contribution in [1.82, 2.24) is 10.2 Å². The molecule has 24 heavy (non-hydrogen) atoms. The summed E-state index contributed by atoms with van der Waals surface area (Å²) in [6.45, 7) is 6.76. The largest absolute Gasteiger partial charge is 0.497 e. The van der Waals surface area contributed by atoms with Crippen molar-refractivity contribution < 1.29 is 19.0 Å². The minimum atomic E-state index is -1.44. The first-order valence-electron chi connectivity index (χ1n) is 8.24. The van der Waals surface area contributed by atoms with Gasteiger partial charge in [-0.05, 0) is 51.8 Å². The molecule has 1 amide bonds. The molecule has 6 heteroatoms. The normalized spacial score (nSPS) is 21.9. The molecule has 0 saturated carbocycles. The summed E-state index contributed by atoms with van der Waals surface area (Å²) in [5, 5.41) is 13.9. The van der Waals surface area contributed by atoms with Gasteiger partial charge in [-0.15, -0.1) is 0 Å². The van der Waals surface area contributed by atoms with Crippen LogP contribution in [0.3, 0.4) is 0 Å². The summed E-state index contributed by atoms with van der Waals surface area (Å²) in [6.07, 6.45) is 1.09. The standard InChI is InChI=1S/C18H27FN2O3/c1-17(2,3)20-12-18(23)8-5-9-21(16(18)22)11-13-10-14(24-4)6-7-15(13)19/h6-7,10,20,23H,5,8-9,11-12H2,1-4H3. The number of benzene rings is 1. The quantitative estimate of drug-likeness (QED) is 0.863. The Bertz CT molecular complexity index is 600. The van der Waals surface area contributed by atoms with Crippen molar-refractivity contribution in [2.45, 2.75) is 51.3 Å². The molecule has 0 aliphatic carbocycles. The van der Waals surface area contributed by atoms with Gasteiger partial charge in [0.25, 0.3) is 5.91 Å². The van der Waals surface area contributed by atoms with E-state index in [9.17, 15) is 14.3 Å². The molecule has 1 aliphatic rings. The Morgan fingerprint density at radius 2 is 2.12 bits per heavy atom. The number of aliphatic hydroxyl groups is 1. The predicted octanol–water partition coefficient (Wildman–Crippen LogP) is 2.08. The SMILES string of the molecule is COc1ccc(F)c(CN2CCCC(O)(CNC(C)(C)C)C2=O)c1. The highest BCUT2D eigenvalue weighted by atomic mass is 19.1. The maximum Gasteiger partial charge on any atom is 0.256 e. The minimum Gasteiger partial charge on any atom is -0.497 e. The zero-order valence-corrected chi connectivity index (χ0v) is 14.9. The molecule has 1 aromatic carbocycles. The highest BCUT2D eigenvalue weighted by molar-refractivity contribution is 5.86. The third-order valence-corrected chi connectivity index (χ3v) is 4.23. The fraction of sp³-hybridized carbons (Fsp3) is 0.611. The number of piperidine rings is 1. The summed E-state index contributed by atoms with van der Waals surface area (Å²) in [5.41, 5.74) is -1.26. The number of nitrogens with one attached hydrogen (secondary N) is 1. The number of hydrogen-bond acceptors (Lipinski definition) is 4. The summed E-state index contributed by atoms with van der Waals surface area (Å²) in [5.74, 6) is -0.196. The lowest BCUT2D eigenvalue weighted by Crippen LogP contribution is -2.59. The Morgan fingerprint density at radius 1 is 1.42 bits per heavy atom. The number of nitrogens with zero attached hydrogens (tertiary/aromatic N) is 1. The number of methoxy groups -OCH3 is 1. The number of halogens is 1. The summed E-state index contributed by atoms with van der Waals surface area (Å²) in [4.78, 5) is 14.2. The van der Waals surface area contributed by atoms with Gasteiger partial charge >= 0.3 is 0 Å². The fourth-order valence-corrected chi connectivity index (χ4v) is 2.80. The molecule has 1 heterocycles. The number of β-amino-alcohol motifs (C(OH)–C–C–N with tert-alkyl or cyclic N) is 1. The van der Waals surface area contributed by atoms with Crippen molar-refractivity contribution in [2.75, 3.05) is 20.2 Å². The first-order valence-corrected chi connectivity index (χ1v) is 8.24. The second-order valence-electron chi connectivity index (χ2n) is 7.42. The zero-order chi connectivity index (χ0) is 18.0. The summed E-state index contributed by atoms with van der Waals surface area (Å²) in [6, 6.07) is 4.46. The molecule has 1 fully saturated rings. The molecule has 1 aliphatic heterocycles. The van der Waals surface area contributed by atoms with Crippen LogP contribution in [0.1, 0.15) is 39.2 Å². The number of carbonyl (C=O) groups is 1. The maximum absolute atomic E-state index is 14.0. The van der Waals surface area contributed by atoms with Gasteiger partial charge in [-0.3, -0.25) is 4.79 Å². The molecule has 1 aromatic rings. The second-order valence-corrected chi connectivity index (χ2v) is 7.42. The van der Waals surface area contributed by atoms with Crippen LogP contribution < -0.4 is 10.1 Å². The van der Waals surface area contributed by atoms with Crippen LogP contribution in [0.4, 0.5) is 4.39 Å². The molecular weight excluding hydrogens is 311 g/mol. The lowest BCUT2D eigenvalue weighted by molar-refractivity contribution is -0.157. The lowest BCUT2D eigenvalue weighted by atomic mass is 9.90. The molecule has 134 valence electrons. The van der Waals surface area contributed by atoms with E-state index in [0.717, 1.165) is 0 Å². The number of amides is 1. The molecular formula is C18H27FN2O3. The van der Waals surface area contributed by atoms with Crippen molar-refractivity contribution in [3.05, 3.63) is 29.6 Å². The third-order valence-electron chi connectivity index (χ3n) is 4.23. The van der Waals surface area contributed by atoms with E-state index in [2.05, 4.69) is 5.32 Å². The average molecular weight is 338 g/mol. The van der Waals surface area contributed by atoms with Gasteiger partial charge in [-0.1, -0.05) is 0 Å². The van der Waals surface area contributed by atoms with Crippen LogP contribution in [-0.4, -0.2) is 47.3 Å². The van der Waals surface area contributed by atoms with Gasteiger partial charge in [0.05, 0.1) is 7.11 Å². The van der Waals surface area contributed by atoms with Gasteiger partial charge in [0, 0.05) is 30.7 Å². The molecule has 2 rings (SSSR count). The van der Waals surface area contributed by atoms with Crippen LogP contribution in [0.25, 0.3) is 0 Å². The van der Waals surface area contributed by atoms with Gasteiger partial charge in [0.15, 0.2) is 5.60 Å². The number of hydrogen-bond donors (Lipinski definition) is 2. The van der Waals surface area contributed by atoms with Crippen LogP contribution in [0.15, 0.2) is 18.2 Å². The molecule has 0 aromatic heterocycles. The first kappa shape index (κ1) is 18.7. The van der Waals surface area contributed by atoms with Gasteiger partial charge in [0.1, 0.15) is 11.6 Å². The molecule has 5 nitrogen and oxygen atoms in total. The monoisotopic (exact) mass is 338 g/mol. The Kier molecular flexibility index (Phi) is 5.50. The minimum absolute atomic E-state index is 0.125. The zero-order valence-electron chi connectivity index (χ0n) is 14.9. The molecule has 0 spiro atoms. The fourth-order valence-electron chi connectivity index (χ4n) is 2.80. The molecule has 1 atom stereocenters. The van der Waals surface area contributed by atoms with E-state index in [1.807, 2.05) is 20.8 Å². The number of likely N-dealkylation sites (tertiary alicyclic amines) is 1. The molecule has 1 saturated heterocycles. The maximum atomic E-state index is 14.0. The number of ether oxygens (including phenoxy) is 1. The average Bonchev–Trinajstić information content (AvgIpc) is 2.51. The molecule has 2 N–H and O–H groups in total. The van der Waals surface area contributed by atoms with E-state index < -0.39 is 5.60 Å². The van der Waals surface area contributed by atoms with Crippen LogP contribution in [-0.2, 0) is 11.3 Å². The van der Waals surface area contributed by atoms with Gasteiger partial charge in [0.2, 0.25) is 0 Å². The lowest BCUT2D eigenvalue weighted by Gasteiger charge is -2.39. The van der Waals surface area contributed by atoms with Crippen LogP contribution in [0.5, 0.6) is 5.75 Å². The molecule has 0 radical (unpaired) electrons. The Hall–Kier alpha value is -1.66. The Labute approximate surface area is 142 Å². The van der Waals surface area contributed by atoms with Crippen molar-refractivity contribution >= 4 is 5.91 Å². The van der Waals surface area contributed by atoms with Crippen molar-refractivity contribution in [1.29, 1.82) is 0 Å².